The normalized spacial score (nSPS) is 12.8. The minimum atomic E-state index is -0.478. The van der Waals surface area contributed by atoms with Crippen LogP contribution in [-0.2, 0) is 11.3 Å². The number of imidazole rings is 1. The van der Waals surface area contributed by atoms with E-state index >= 15 is 0 Å². The van der Waals surface area contributed by atoms with Crippen LogP contribution in [0.4, 0.5) is 0 Å². The molecule has 0 aliphatic carbocycles. The number of aromatic nitrogens is 2. The molecule has 0 saturated heterocycles. The van der Waals surface area contributed by atoms with Crippen molar-refractivity contribution in [3.05, 3.63) is 29.0 Å². The molecule has 0 fully saturated rings. The second-order valence-corrected chi connectivity index (χ2v) is 5.74. The van der Waals surface area contributed by atoms with Gasteiger partial charge in [-0.25, -0.2) is 4.98 Å². The maximum absolute atomic E-state index is 11.8. The summed E-state index contributed by atoms with van der Waals surface area (Å²) >= 11 is 5.91. The van der Waals surface area contributed by atoms with Gasteiger partial charge in [0.05, 0.1) is 23.6 Å². The molecule has 1 heterocycles. The highest BCUT2D eigenvalue weighted by atomic mass is 35.5. The van der Waals surface area contributed by atoms with Gasteiger partial charge in [-0.2, -0.15) is 0 Å². The molecule has 5 nitrogen and oxygen atoms in total. The summed E-state index contributed by atoms with van der Waals surface area (Å²) in [5.74, 6) is 0.925. The van der Waals surface area contributed by atoms with Gasteiger partial charge in [-0.3, -0.25) is 4.79 Å². The Labute approximate surface area is 122 Å². The molecular weight excluding hydrogens is 276 g/mol. The first-order valence-electron chi connectivity index (χ1n) is 6.63. The second-order valence-electron chi connectivity index (χ2n) is 5.30. The molecule has 0 aliphatic rings. The lowest BCUT2D eigenvalue weighted by Gasteiger charge is -2.13. The van der Waals surface area contributed by atoms with Gasteiger partial charge in [-0.1, -0.05) is 25.4 Å². The molecule has 2 aromatic rings. The van der Waals surface area contributed by atoms with Crippen LogP contribution in [0.5, 0.6) is 0 Å². The van der Waals surface area contributed by atoms with E-state index in [1.807, 2.05) is 19.9 Å². The van der Waals surface area contributed by atoms with Crippen LogP contribution in [0.2, 0.25) is 5.02 Å². The molecule has 6 heteroatoms. The number of hydrogen-bond donors (Lipinski definition) is 3. The molecule has 2 rings (SSSR count). The molecule has 0 saturated carbocycles. The molecule has 0 spiro atoms. The summed E-state index contributed by atoms with van der Waals surface area (Å²) in [5.41, 5.74) is 7.50. The Morgan fingerprint density at radius 2 is 2.25 bits per heavy atom. The second kappa shape index (κ2) is 6.24. The van der Waals surface area contributed by atoms with E-state index in [2.05, 4.69) is 15.3 Å². The summed E-state index contributed by atoms with van der Waals surface area (Å²) in [4.78, 5) is 19.3. The van der Waals surface area contributed by atoms with Crippen LogP contribution in [-0.4, -0.2) is 21.9 Å². The average molecular weight is 295 g/mol. The number of carbonyl (C=O) groups excluding carboxylic acids is 1. The Kier molecular flexibility index (Phi) is 4.62. The number of rotatable bonds is 5. The number of benzene rings is 1. The smallest absolute Gasteiger partial charge is 0.237 e. The van der Waals surface area contributed by atoms with E-state index in [0.717, 1.165) is 11.0 Å². The highest BCUT2D eigenvalue weighted by Gasteiger charge is 2.15. The third-order valence-corrected chi connectivity index (χ3v) is 3.22. The van der Waals surface area contributed by atoms with E-state index in [1.54, 1.807) is 12.1 Å². The van der Waals surface area contributed by atoms with E-state index in [-0.39, 0.29) is 5.91 Å². The molecular formula is C14H19ClN4O. The highest BCUT2D eigenvalue weighted by molar-refractivity contribution is 6.31. The van der Waals surface area contributed by atoms with E-state index < -0.39 is 6.04 Å². The van der Waals surface area contributed by atoms with Crippen molar-refractivity contribution in [1.29, 1.82) is 0 Å². The first-order valence-corrected chi connectivity index (χ1v) is 7.01. The van der Waals surface area contributed by atoms with Crippen molar-refractivity contribution < 1.29 is 4.79 Å². The zero-order valence-electron chi connectivity index (χ0n) is 11.6. The quantitative estimate of drug-likeness (QED) is 0.790. The number of hydrogen-bond acceptors (Lipinski definition) is 3. The molecule has 1 atom stereocenters. The zero-order valence-corrected chi connectivity index (χ0v) is 12.4. The summed E-state index contributed by atoms with van der Waals surface area (Å²) in [7, 11) is 0. The number of nitrogens with zero attached hydrogens (tertiary/aromatic N) is 1. The minimum Gasteiger partial charge on any atom is -0.348 e. The Morgan fingerprint density at radius 1 is 1.50 bits per heavy atom. The van der Waals surface area contributed by atoms with Crippen molar-refractivity contribution in [2.24, 2.45) is 11.7 Å². The zero-order chi connectivity index (χ0) is 14.7. The molecule has 0 bridgehead atoms. The number of halogens is 1. The summed E-state index contributed by atoms with van der Waals surface area (Å²) in [6.07, 6.45) is 0.668. The molecule has 0 unspecified atom stereocenters. The Morgan fingerprint density at radius 3 is 2.95 bits per heavy atom. The number of amides is 1. The van der Waals surface area contributed by atoms with Gasteiger partial charge in [0.25, 0.3) is 0 Å². The molecule has 108 valence electrons. The van der Waals surface area contributed by atoms with Crippen LogP contribution in [0.25, 0.3) is 11.0 Å². The van der Waals surface area contributed by atoms with Crippen molar-refractivity contribution in [2.75, 3.05) is 0 Å². The van der Waals surface area contributed by atoms with E-state index in [9.17, 15) is 4.79 Å². The lowest BCUT2D eigenvalue weighted by atomic mass is 10.0. The van der Waals surface area contributed by atoms with Crippen molar-refractivity contribution in [3.8, 4) is 0 Å². The predicted molar refractivity (Wildman–Crippen MR) is 80.4 cm³/mol. The first kappa shape index (κ1) is 14.8. The fourth-order valence-corrected chi connectivity index (χ4v) is 2.21. The maximum atomic E-state index is 11.8. The minimum absolute atomic E-state index is 0.155. The number of nitrogens with one attached hydrogen (secondary N) is 2. The predicted octanol–water partition coefficient (Wildman–Crippen LogP) is 2.21. The molecule has 0 radical (unpaired) electrons. The van der Waals surface area contributed by atoms with Gasteiger partial charge >= 0.3 is 0 Å². The van der Waals surface area contributed by atoms with Crippen LogP contribution in [0.1, 0.15) is 26.1 Å². The summed E-state index contributed by atoms with van der Waals surface area (Å²) in [5, 5.41) is 3.44. The van der Waals surface area contributed by atoms with Gasteiger partial charge in [0.2, 0.25) is 5.91 Å². The van der Waals surface area contributed by atoms with Crippen molar-refractivity contribution >= 4 is 28.5 Å². The van der Waals surface area contributed by atoms with Gasteiger partial charge in [0.15, 0.2) is 0 Å². The lowest BCUT2D eigenvalue weighted by molar-refractivity contribution is -0.122. The first-order chi connectivity index (χ1) is 9.45. The average Bonchev–Trinajstić information content (AvgIpc) is 2.76. The number of fused-ring (bicyclic) bond motifs is 1. The fraction of sp³-hybridized carbons (Fsp3) is 0.429. The largest absolute Gasteiger partial charge is 0.348 e. The molecule has 0 aliphatic heterocycles. The topological polar surface area (TPSA) is 83.8 Å². The molecule has 1 aromatic heterocycles. The standard InChI is InChI=1S/C14H19ClN4O/c1-8(2)5-10(16)14(20)17-7-13-18-11-4-3-9(15)6-12(11)19-13/h3-4,6,8,10H,5,7,16H2,1-2H3,(H,17,20)(H,18,19)/t10-/m1/s1. The van der Waals surface area contributed by atoms with Crippen LogP contribution in [0, 0.1) is 5.92 Å². The van der Waals surface area contributed by atoms with Gasteiger partial charge in [-0.05, 0) is 30.5 Å². The van der Waals surface area contributed by atoms with E-state index in [4.69, 9.17) is 17.3 Å². The van der Waals surface area contributed by atoms with Gasteiger partial charge in [0, 0.05) is 5.02 Å². The van der Waals surface area contributed by atoms with Gasteiger partial charge in [-0.15, -0.1) is 0 Å². The van der Waals surface area contributed by atoms with E-state index in [0.29, 0.717) is 29.7 Å². The Hall–Kier alpha value is -1.59. The Bertz CT molecular complexity index is 608. The van der Waals surface area contributed by atoms with Crippen molar-refractivity contribution in [2.45, 2.75) is 32.9 Å². The number of nitrogens with two attached hydrogens (primary N) is 1. The van der Waals surface area contributed by atoms with Crippen molar-refractivity contribution in [1.82, 2.24) is 15.3 Å². The summed E-state index contributed by atoms with van der Waals surface area (Å²) < 4.78 is 0. The fourth-order valence-electron chi connectivity index (χ4n) is 2.04. The van der Waals surface area contributed by atoms with E-state index in [1.165, 1.54) is 0 Å². The highest BCUT2D eigenvalue weighted by Crippen LogP contribution is 2.17. The van der Waals surface area contributed by atoms with Crippen LogP contribution < -0.4 is 11.1 Å². The van der Waals surface area contributed by atoms with Gasteiger partial charge in [0.1, 0.15) is 5.82 Å². The number of carbonyl (C=O) groups is 1. The number of H-pyrrole nitrogens is 1. The number of aromatic amines is 1. The van der Waals surface area contributed by atoms with Crippen molar-refractivity contribution in [3.63, 3.8) is 0 Å². The van der Waals surface area contributed by atoms with Crippen LogP contribution in [0.3, 0.4) is 0 Å². The Balaban J connectivity index is 1.97. The molecule has 20 heavy (non-hydrogen) atoms. The molecule has 1 amide bonds. The SMILES string of the molecule is CC(C)C[C@@H](N)C(=O)NCc1nc2ccc(Cl)cc2[nH]1. The summed E-state index contributed by atoms with van der Waals surface area (Å²) in [6.45, 7) is 4.41. The maximum Gasteiger partial charge on any atom is 0.237 e. The lowest BCUT2D eigenvalue weighted by Crippen LogP contribution is -2.41. The van der Waals surface area contributed by atoms with Crippen LogP contribution in [0.15, 0.2) is 18.2 Å². The summed E-state index contributed by atoms with van der Waals surface area (Å²) in [6, 6.07) is 4.95. The van der Waals surface area contributed by atoms with Crippen LogP contribution >= 0.6 is 11.6 Å². The van der Waals surface area contributed by atoms with Gasteiger partial charge < -0.3 is 16.0 Å². The molecule has 4 N–H and O–H groups in total. The monoisotopic (exact) mass is 294 g/mol. The molecule has 1 aromatic carbocycles. The third-order valence-electron chi connectivity index (χ3n) is 2.99. The third kappa shape index (κ3) is 3.71.